The van der Waals surface area contributed by atoms with Gasteiger partial charge in [-0.1, -0.05) is 26.0 Å². The molecule has 1 fully saturated rings. The lowest BCUT2D eigenvalue weighted by Crippen LogP contribution is -2.46. The van der Waals surface area contributed by atoms with E-state index in [4.69, 9.17) is 0 Å². The molecule has 2 aliphatic heterocycles. The Balaban J connectivity index is 1.81. The van der Waals surface area contributed by atoms with E-state index in [9.17, 15) is 13.2 Å². The van der Waals surface area contributed by atoms with Crippen molar-refractivity contribution in [3.05, 3.63) is 29.8 Å². The number of carbonyl (C=O) groups excluding carboxylic acids is 1. The van der Waals surface area contributed by atoms with Crippen LogP contribution in [-0.2, 0) is 14.8 Å². The maximum absolute atomic E-state index is 12.5. The maximum Gasteiger partial charge on any atom is 0.285 e. The van der Waals surface area contributed by atoms with Crippen molar-refractivity contribution in [2.24, 2.45) is 10.3 Å². The van der Waals surface area contributed by atoms with Crippen LogP contribution in [0.3, 0.4) is 0 Å². The van der Waals surface area contributed by atoms with Crippen molar-refractivity contribution < 1.29 is 13.2 Å². The van der Waals surface area contributed by atoms with Gasteiger partial charge in [0.1, 0.15) is 10.9 Å². The van der Waals surface area contributed by atoms with E-state index in [1.54, 1.807) is 24.3 Å². The molecule has 1 saturated heterocycles. The van der Waals surface area contributed by atoms with Gasteiger partial charge in [-0.25, -0.2) is 0 Å². The SMILES string of the molecule is CC(C)CCNC(=O)[C@@H]1CCCN1C1=NS(=O)(=O)c2ccccc21. The van der Waals surface area contributed by atoms with E-state index < -0.39 is 10.0 Å². The third kappa shape index (κ3) is 3.17. The first-order valence-electron chi connectivity index (χ1n) is 8.39. The second-order valence-electron chi connectivity index (χ2n) is 6.71. The number of nitrogens with zero attached hydrogens (tertiary/aromatic N) is 2. The Hall–Kier alpha value is -1.89. The van der Waals surface area contributed by atoms with Gasteiger partial charge >= 0.3 is 0 Å². The van der Waals surface area contributed by atoms with Gasteiger partial charge in [0.25, 0.3) is 10.0 Å². The summed E-state index contributed by atoms with van der Waals surface area (Å²) in [6.07, 6.45) is 2.49. The van der Waals surface area contributed by atoms with Gasteiger partial charge in [0, 0.05) is 18.7 Å². The summed E-state index contributed by atoms with van der Waals surface area (Å²) in [5.41, 5.74) is 0.597. The van der Waals surface area contributed by atoms with Crippen LogP contribution in [0.4, 0.5) is 0 Å². The van der Waals surface area contributed by atoms with Crippen molar-refractivity contribution in [3.63, 3.8) is 0 Å². The highest BCUT2D eigenvalue weighted by atomic mass is 32.2. The minimum Gasteiger partial charge on any atom is -0.354 e. The second-order valence-corrected chi connectivity index (χ2v) is 8.28. The summed E-state index contributed by atoms with van der Waals surface area (Å²) >= 11 is 0. The zero-order valence-electron chi connectivity index (χ0n) is 14.0. The number of amidine groups is 1. The summed E-state index contributed by atoms with van der Waals surface area (Å²) in [6.45, 7) is 5.51. The van der Waals surface area contributed by atoms with Gasteiger partial charge in [-0.05, 0) is 37.3 Å². The average molecular weight is 349 g/mol. The molecule has 2 aliphatic rings. The number of benzene rings is 1. The minimum absolute atomic E-state index is 0.0439. The lowest BCUT2D eigenvalue weighted by atomic mass is 10.1. The molecular formula is C17H23N3O3S. The smallest absolute Gasteiger partial charge is 0.285 e. The molecule has 3 rings (SSSR count). The highest BCUT2D eigenvalue weighted by Crippen LogP contribution is 2.31. The van der Waals surface area contributed by atoms with Crippen LogP contribution < -0.4 is 5.32 Å². The lowest BCUT2D eigenvalue weighted by Gasteiger charge is -2.25. The maximum atomic E-state index is 12.5. The quantitative estimate of drug-likeness (QED) is 0.898. The number of hydrogen-bond acceptors (Lipinski definition) is 4. The minimum atomic E-state index is -3.65. The molecule has 1 atom stereocenters. The average Bonchev–Trinajstić information content (AvgIpc) is 3.10. The molecule has 1 amide bonds. The molecule has 0 unspecified atom stereocenters. The molecule has 0 saturated carbocycles. The normalized spacial score (nSPS) is 21.7. The van der Waals surface area contributed by atoms with Crippen LogP contribution in [-0.4, -0.2) is 44.2 Å². The van der Waals surface area contributed by atoms with Crippen molar-refractivity contribution in [2.45, 2.75) is 44.0 Å². The van der Waals surface area contributed by atoms with Crippen molar-refractivity contribution in [1.82, 2.24) is 10.2 Å². The highest BCUT2D eigenvalue weighted by Gasteiger charge is 2.38. The third-order valence-corrected chi connectivity index (χ3v) is 5.79. The van der Waals surface area contributed by atoms with Crippen LogP contribution in [0.5, 0.6) is 0 Å². The van der Waals surface area contributed by atoms with Crippen LogP contribution >= 0.6 is 0 Å². The van der Waals surface area contributed by atoms with E-state index in [0.717, 1.165) is 19.3 Å². The van der Waals surface area contributed by atoms with Gasteiger partial charge < -0.3 is 10.2 Å². The number of nitrogens with one attached hydrogen (secondary N) is 1. The number of sulfonamides is 1. The number of carbonyl (C=O) groups is 1. The van der Waals surface area contributed by atoms with Gasteiger partial charge in [0.2, 0.25) is 5.91 Å². The third-order valence-electron chi connectivity index (χ3n) is 4.46. The van der Waals surface area contributed by atoms with E-state index in [2.05, 4.69) is 23.6 Å². The molecule has 7 heteroatoms. The van der Waals surface area contributed by atoms with Crippen LogP contribution in [0.25, 0.3) is 0 Å². The van der Waals surface area contributed by atoms with Gasteiger partial charge in [-0.3, -0.25) is 4.79 Å². The zero-order valence-corrected chi connectivity index (χ0v) is 14.8. The van der Waals surface area contributed by atoms with Crippen LogP contribution in [0.15, 0.2) is 33.6 Å². The van der Waals surface area contributed by atoms with Crippen molar-refractivity contribution in [2.75, 3.05) is 13.1 Å². The summed E-state index contributed by atoms with van der Waals surface area (Å²) in [5.74, 6) is 0.894. The number of hydrogen-bond donors (Lipinski definition) is 1. The Labute approximate surface area is 143 Å². The van der Waals surface area contributed by atoms with Gasteiger partial charge in [0.15, 0.2) is 5.84 Å². The molecule has 1 N–H and O–H groups in total. The van der Waals surface area contributed by atoms with Crippen molar-refractivity contribution >= 4 is 21.8 Å². The van der Waals surface area contributed by atoms with E-state index >= 15 is 0 Å². The molecule has 2 heterocycles. The molecule has 130 valence electrons. The number of amides is 1. The molecule has 0 aliphatic carbocycles. The largest absolute Gasteiger partial charge is 0.354 e. The van der Waals surface area contributed by atoms with E-state index in [1.165, 1.54) is 0 Å². The lowest BCUT2D eigenvalue weighted by molar-refractivity contribution is -0.124. The zero-order chi connectivity index (χ0) is 17.3. The summed E-state index contributed by atoms with van der Waals surface area (Å²) in [5, 5.41) is 2.97. The van der Waals surface area contributed by atoms with Gasteiger partial charge in [-0.2, -0.15) is 8.42 Å². The second kappa shape index (κ2) is 6.55. The summed E-state index contributed by atoms with van der Waals surface area (Å²) < 4.78 is 28.4. The fraction of sp³-hybridized carbons (Fsp3) is 0.529. The summed E-state index contributed by atoms with van der Waals surface area (Å²) in [7, 11) is -3.65. The van der Waals surface area contributed by atoms with Crippen molar-refractivity contribution in [3.8, 4) is 0 Å². The predicted octanol–water partition coefficient (Wildman–Crippen LogP) is 1.76. The Kier molecular flexibility index (Phi) is 4.62. The molecular weight excluding hydrogens is 326 g/mol. The van der Waals surface area contributed by atoms with Gasteiger partial charge in [0.05, 0.1) is 0 Å². The van der Waals surface area contributed by atoms with Crippen LogP contribution in [0, 0.1) is 5.92 Å². The number of likely N-dealkylation sites (tertiary alicyclic amines) is 1. The molecule has 1 aromatic rings. The standard InChI is InChI=1S/C17H23N3O3S/c1-12(2)9-10-18-17(21)14-7-5-11-20(14)16-13-6-3-4-8-15(13)24(22,23)19-16/h3-4,6,8,12,14H,5,7,9-11H2,1-2H3,(H,18,21)/t14-/m0/s1. The first kappa shape index (κ1) is 17.0. The number of fused-ring (bicyclic) bond motifs is 1. The molecule has 24 heavy (non-hydrogen) atoms. The molecule has 0 radical (unpaired) electrons. The molecule has 0 bridgehead atoms. The Morgan fingerprint density at radius 3 is 2.88 bits per heavy atom. The van der Waals surface area contributed by atoms with Crippen molar-refractivity contribution in [1.29, 1.82) is 0 Å². The van der Waals surface area contributed by atoms with E-state index in [1.807, 2.05) is 4.90 Å². The predicted molar refractivity (Wildman–Crippen MR) is 92.4 cm³/mol. The van der Waals surface area contributed by atoms with Crippen LogP contribution in [0.2, 0.25) is 0 Å². The topological polar surface area (TPSA) is 78.8 Å². The van der Waals surface area contributed by atoms with Gasteiger partial charge in [-0.15, -0.1) is 4.40 Å². The molecule has 0 aromatic heterocycles. The highest BCUT2D eigenvalue weighted by molar-refractivity contribution is 7.90. The van der Waals surface area contributed by atoms with Crippen LogP contribution in [0.1, 0.15) is 38.7 Å². The monoisotopic (exact) mass is 349 g/mol. The fourth-order valence-electron chi connectivity index (χ4n) is 3.19. The first-order chi connectivity index (χ1) is 11.4. The Morgan fingerprint density at radius 2 is 2.12 bits per heavy atom. The fourth-order valence-corrected chi connectivity index (χ4v) is 4.41. The Bertz CT molecular complexity index is 771. The van der Waals surface area contributed by atoms with E-state index in [0.29, 0.717) is 30.4 Å². The summed E-state index contributed by atoms with van der Waals surface area (Å²) in [4.78, 5) is 14.6. The molecule has 1 aromatic carbocycles. The summed E-state index contributed by atoms with van der Waals surface area (Å²) in [6, 6.07) is 6.45. The first-order valence-corrected chi connectivity index (χ1v) is 9.83. The van der Waals surface area contributed by atoms with E-state index in [-0.39, 0.29) is 16.8 Å². The molecule has 0 spiro atoms. The Morgan fingerprint density at radius 1 is 1.38 bits per heavy atom. The number of rotatable bonds is 4. The molecule has 6 nitrogen and oxygen atoms in total.